The number of thioether (sulfide) groups is 1. The maximum absolute atomic E-state index is 13.3. The largest absolute Gasteiger partial charge is 0.494 e. The smallest absolute Gasteiger partial charge is 0.201 e. The van der Waals surface area contributed by atoms with Crippen molar-refractivity contribution in [1.82, 2.24) is 0 Å². The molecule has 0 aromatic heterocycles. The van der Waals surface area contributed by atoms with Gasteiger partial charge in [0, 0.05) is 40.8 Å². The molecule has 0 fully saturated rings. The zero-order valence-electron chi connectivity index (χ0n) is 14.6. The number of hydrogen-bond acceptors (Lipinski definition) is 4. The molecular formula is C22H12Br2O3S. The molecule has 0 saturated carbocycles. The second-order valence-corrected chi connectivity index (χ2v) is 9.26. The lowest BCUT2D eigenvalue weighted by atomic mass is 10.1. The molecule has 0 bridgehead atoms. The lowest BCUT2D eigenvalue weighted by Gasteiger charge is -2.04. The molecule has 4 aromatic carbocycles. The summed E-state index contributed by atoms with van der Waals surface area (Å²) in [5.41, 5.74) is 0.522. The predicted octanol–water partition coefficient (Wildman–Crippen LogP) is 5.53. The second-order valence-electron chi connectivity index (χ2n) is 6.50. The van der Waals surface area contributed by atoms with Gasteiger partial charge in [-0.15, -0.1) is 0 Å². The van der Waals surface area contributed by atoms with E-state index < -0.39 is 0 Å². The van der Waals surface area contributed by atoms with Crippen molar-refractivity contribution in [3.63, 3.8) is 0 Å². The first-order valence-electron chi connectivity index (χ1n) is 8.70. The molecule has 138 valence electrons. The summed E-state index contributed by atoms with van der Waals surface area (Å²) in [4.78, 5) is 27.7. The standard InChI is InChI=1S/C22H12Br2O3S/c1-2-27-10-3-4-11-16(9-10)28-22(21(11)26)18-12-5-7-14(23)19-15(24)8-6-13(17(12)19)20(18)25/h3-9H,2H2,1H3/b22-18+. The van der Waals surface area contributed by atoms with Gasteiger partial charge in [-0.3, -0.25) is 9.59 Å². The first-order chi connectivity index (χ1) is 13.5. The minimum atomic E-state index is -0.102. The third-order valence-electron chi connectivity index (χ3n) is 4.95. The molecule has 0 spiro atoms. The number of fused-ring (bicyclic) bond motifs is 1. The lowest BCUT2D eigenvalue weighted by Crippen LogP contribution is -2.23. The van der Waals surface area contributed by atoms with Crippen LogP contribution in [0.3, 0.4) is 0 Å². The molecule has 0 saturated heterocycles. The van der Waals surface area contributed by atoms with Gasteiger partial charge >= 0.3 is 0 Å². The van der Waals surface area contributed by atoms with Crippen LogP contribution in [0, 0.1) is 0 Å². The SMILES string of the molecule is CCOc1ccc2c(c1)S/C(=c1/c(=O)c3ccc(Br)c4c(Br)ccc1c43)C2=O. The van der Waals surface area contributed by atoms with Gasteiger partial charge in [-0.05, 0) is 48.7 Å². The van der Waals surface area contributed by atoms with Crippen molar-refractivity contribution in [2.75, 3.05) is 6.61 Å². The average Bonchev–Trinajstić information content (AvgIpc) is 3.14. The molecule has 1 aliphatic heterocycles. The second kappa shape index (κ2) is 6.58. The Kier molecular flexibility index (Phi) is 4.27. The number of carbonyl (C=O) groups is 1. The van der Waals surface area contributed by atoms with E-state index in [1.807, 2.05) is 37.3 Å². The van der Waals surface area contributed by atoms with Gasteiger partial charge in [0.15, 0.2) is 5.43 Å². The molecule has 28 heavy (non-hydrogen) atoms. The van der Waals surface area contributed by atoms with E-state index in [0.717, 1.165) is 35.7 Å². The van der Waals surface area contributed by atoms with Crippen LogP contribution >= 0.6 is 43.6 Å². The molecule has 0 atom stereocenters. The third-order valence-corrected chi connectivity index (χ3v) is 7.43. The summed E-state index contributed by atoms with van der Waals surface area (Å²) in [5, 5.41) is 3.78. The van der Waals surface area contributed by atoms with Crippen LogP contribution in [0.15, 0.2) is 61.1 Å². The highest BCUT2D eigenvalue weighted by Gasteiger charge is 2.29. The van der Waals surface area contributed by atoms with Crippen LogP contribution < -0.4 is 15.4 Å². The minimum Gasteiger partial charge on any atom is -0.494 e. The summed E-state index contributed by atoms with van der Waals surface area (Å²) in [6.45, 7) is 2.48. The van der Waals surface area contributed by atoms with Crippen molar-refractivity contribution in [2.24, 2.45) is 0 Å². The highest BCUT2D eigenvalue weighted by molar-refractivity contribution is 9.11. The third kappa shape index (κ3) is 2.48. The van der Waals surface area contributed by atoms with Gasteiger partial charge in [0.05, 0.1) is 11.5 Å². The quantitative estimate of drug-likeness (QED) is 0.352. The van der Waals surface area contributed by atoms with Crippen molar-refractivity contribution in [2.45, 2.75) is 11.8 Å². The summed E-state index contributed by atoms with van der Waals surface area (Å²) < 4.78 is 7.38. The Hall–Kier alpha value is -1.89. The van der Waals surface area contributed by atoms with Crippen molar-refractivity contribution >= 4 is 75.9 Å². The number of halogens is 2. The van der Waals surface area contributed by atoms with Crippen LogP contribution in [0.2, 0.25) is 0 Å². The molecule has 0 aliphatic carbocycles. The number of carbonyl (C=O) groups excluding carboxylic acids is 1. The van der Waals surface area contributed by atoms with Gasteiger partial charge in [-0.25, -0.2) is 0 Å². The maximum atomic E-state index is 13.3. The van der Waals surface area contributed by atoms with Crippen molar-refractivity contribution in [1.29, 1.82) is 0 Å². The molecule has 6 heteroatoms. The fourth-order valence-corrected chi connectivity index (χ4v) is 6.30. The van der Waals surface area contributed by atoms with Crippen molar-refractivity contribution < 1.29 is 9.53 Å². The van der Waals surface area contributed by atoms with E-state index in [2.05, 4.69) is 31.9 Å². The van der Waals surface area contributed by atoms with E-state index in [4.69, 9.17) is 4.74 Å². The maximum Gasteiger partial charge on any atom is 0.201 e. The number of ether oxygens (including phenoxy) is 1. The number of benzene rings is 3. The van der Waals surface area contributed by atoms with Gasteiger partial charge in [-0.2, -0.15) is 0 Å². The van der Waals surface area contributed by atoms with Crippen molar-refractivity contribution in [3.8, 4) is 5.75 Å². The zero-order chi connectivity index (χ0) is 19.6. The topological polar surface area (TPSA) is 43.4 Å². The number of Topliss-reactive ketones (excluding diaryl/α,β-unsaturated/α-hetero) is 1. The fraction of sp³-hybridized carbons (Fsp3) is 0.0909. The van der Waals surface area contributed by atoms with Crippen LogP contribution in [0.1, 0.15) is 17.3 Å². The Morgan fingerprint density at radius 3 is 2.36 bits per heavy atom. The summed E-state index contributed by atoms with van der Waals surface area (Å²) in [6.07, 6.45) is 0. The van der Waals surface area contributed by atoms with Crippen LogP contribution in [0.25, 0.3) is 26.5 Å². The van der Waals surface area contributed by atoms with Gasteiger partial charge in [0.25, 0.3) is 0 Å². The molecule has 0 N–H and O–H groups in total. The fourth-order valence-electron chi connectivity index (χ4n) is 3.77. The summed E-state index contributed by atoms with van der Waals surface area (Å²) >= 11 is 8.52. The van der Waals surface area contributed by atoms with Gasteiger partial charge < -0.3 is 4.74 Å². The zero-order valence-corrected chi connectivity index (χ0v) is 18.6. The number of rotatable bonds is 2. The molecule has 5 rings (SSSR count). The van der Waals surface area contributed by atoms with E-state index in [-0.39, 0.29) is 11.2 Å². The molecule has 1 heterocycles. The first kappa shape index (κ1) is 18.2. The van der Waals surface area contributed by atoms with Gasteiger partial charge in [-0.1, -0.05) is 49.7 Å². The predicted molar refractivity (Wildman–Crippen MR) is 121 cm³/mol. The first-order valence-corrected chi connectivity index (χ1v) is 11.1. The van der Waals surface area contributed by atoms with E-state index >= 15 is 0 Å². The van der Waals surface area contributed by atoms with Gasteiger partial charge in [0.2, 0.25) is 5.78 Å². The van der Waals surface area contributed by atoms with Gasteiger partial charge in [0.1, 0.15) is 5.75 Å². The van der Waals surface area contributed by atoms with Crippen LogP contribution in [-0.4, -0.2) is 12.4 Å². The Bertz CT molecular complexity index is 1400. The van der Waals surface area contributed by atoms with E-state index in [0.29, 0.717) is 27.7 Å². The summed E-state index contributed by atoms with van der Waals surface area (Å²) in [7, 11) is 0. The lowest BCUT2D eigenvalue weighted by molar-refractivity contribution is 0.105. The van der Waals surface area contributed by atoms with Crippen LogP contribution in [-0.2, 0) is 0 Å². The highest BCUT2D eigenvalue weighted by atomic mass is 79.9. The number of ketones is 1. The molecule has 3 nitrogen and oxygen atoms in total. The van der Waals surface area contributed by atoms with E-state index in [1.54, 1.807) is 12.1 Å². The minimum absolute atomic E-state index is 0.0979. The normalized spacial score (nSPS) is 15.6. The molecule has 0 radical (unpaired) electrons. The Morgan fingerprint density at radius 1 is 0.929 bits per heavy atom. The number of hydrogen-bond donors (Lipinski definition) is 0. The van der Waals surface area contributed by atoms with Crippen LogP contribution in [0.5, 0.6) is 5.75 Å². The Morgan fingerprint density at radius 2 is 1.64 bits per heavy atom. The molecular weight excluding hydrogens is 504 g/mol. The summed E-state index contributed by atoms with van der Waals surface area (Å²) in [6, 6.07) is 13.0. The average molecular weight is 516 g/mol. The molecule has 0 unspecified atom stereocenters. The summed E-state index contributed by atoms with van der Waals surface area (Å²) in [5.74, 6) is 0.623. The monoisotopic (exact) mass is 514 g/mol. The molecule has 4 aromatic rings. The van der Waals surface area contributed by atoms with Crippen LogP contribution in [0.4, 0.5) is 0 Å². The molecule has 0 amide bonds. The molecule has 1 aliphatic rings. The van der Waals surface area contributed by atoms with E-state index in [9.17, 15) is 9.59 Å². The Balaban J connectivity index is 1.86. The van der Waals surface area contributed by atoms with Crippen molar-refractivity contribution in [3.05, 3.63) is 72.4 Å². The van der Waals surface area contributed by atoms with E-state index in [1.165, 1.54) is 11.8 Å². The highest BCUT2D eigenvalue weighted by Crippen LogP contribution is 2.43. The Labute approximate surface area is 181 Å².